The van der Waals surface area contributed by atoms with E-state index in [2.05, 4.69) is 10.6 Å². The normalized spacial score (nSPS) is 11.5. The van der Waals surface area contributed by atoms with Crippen molar-refractivity contribution in [2.45, 2.75) is 32.7 Å². The highest BCUT2D eigenvalue weighted by molar-refractivity contribution is 5.90. The summed E-state index contributed by atoms with van der Waals surface area (Å²) >= 11 is 0. The van der Waals surface area contributed by atoms with E-state index in [-0.39, 0.29) is 17.6 Å². The van der Waals surface area contributed by atoms with Gasteiger partial charge in [0.1, 0.15) is 0 Å². The van der Waals surface area contributed by atoms with E-state index in [0.717, 1.165) is 12.1 Å². The Balaban J connectivity index is 2.56. The fourth-order valence-corrected chi connectivity index (χ4v) is 1.39. The van der Waals surface area contributed by atoms with Crippen molar-refractivity contribution >= 4 is 11.6 Å². The standard InChI is InChI=1S/C13H17F3N2O/c1-13(2,3)17-7-6-10(19)18-9-5-4-8(14)11(15)12(9)16/h4-5,17H,6-7H2,1-3H3,(H,18,19). The van der Waals surface area contributed by atoms with Gasteiger partial charge in [0.2, 0.25) is 5.91 Å². The SMILES string of the molecule is CC(C)(C)NCCC(=O)Nc1ccc(F)c(F)c1F. The van der Waals surface area contributed by atoms with Crippen LogP contribution in [0.5, 0.6) is 0 Å². The molecule has 1 aromatic carbocycles. The molecule has 1 rings (SSSR count). The van der Waals surface area contributed by atoms with Crippen molar-refractivity contribution in [3.8, 4) is 0 Å². The highest BCUT2D eigenvalue weighted by atomic mass is 19.2. The Labute approximate surface area is 110 Å². The maximum atomic E-state index is 13.3. The van der Waals surface area contributed by atoms with E-state index in [9.17, 15) is 18.0 Å². The van der Waals surface area contributed by atoms with E-state index in [1.165, 1.54) is 0 Å². The zero-order valence-corrected chi connectivity index (χ0v) is 11.1. The van der Waals surface area contributed by atoms with Gasteiger partial charge in [0.15, 0.2) is 17.5 Å². The van der Waals surface area contributed by atoms with Crippen LogP contribution in [-0.4, -0.2) is 18.0 Å². The smallest absolute Gasteiger partial charge is 0.225 e. The molecule has 6 heteroatoms. The van der Waals surface area contributed by atoms with Crippen LogP contribution in [0.3, 0.4) is 0 Å². The summed E-state index contributed by atoms with van der Waals surface area (Å²) in [6, 6.07) is 1.75. The molecule has 1 amide bonds. The fraction of sp³-hybridized carbons (Fsp3) is 0.462. The van der Waals surface area contributed by atoms with E-state index in [1.54, 1.807) is 0 Å². The molecular weight excluding hydrogens is 257 g/mol. The molecule has 0 saturated carbocycles. The van der Waals surface area contributed by atoms with Crippen LogP contribution in [0.2, 0.25) is 0 Å². The summed E-state index contributed by atoms with van der Waals surface area (Å²) in [5.74, 6) is -4.74. The molecule has 0 heterocycles. The van der Waals surface area contributed by atoms with Gasteiger partial charge < -0.3 is 10.6 Å². The Bertz CT molecular complexity index is 470. The van der Waals surface area contributed by atoms with Crippen LogP contribution in [0.1, 0.15) is 27.2 Å². The van der Waals surface area contributed by atoms with Gasteiger partial charge in [0.25, 0.3) is 0 Å². The Morgan fingerprint density at radius 3 is 2.37 bits per heavy atom. The van der Waals surface area contributed by atoms with E-state index in [4.69, 9.17) is 0 Å². The van der Waals surface area contributed by atoms with Crippen molar-refractivity contribution in [3.63, 3.8) is 0 Å². The molecule has 19 heavy (non-hydrogen) atoms. The van der Waals surface area contributed by atoms with Gasteiger partial charge in [-0.25, -0.2) is 13.2 Å². The van der Waals surface area contributed by atoms with Crippen LogP contribution in [0.25, 0.3) is 0 Å². The lowest BCUT2D eigenvalue weighted by atomic mass is 10.1. The quantitative estimate of drug-likeness (QED) is 0.829. The number of hydrogen-bond acceptors (Lipinski definition) is 2. The highest BCUT2D eigenvalue weighted by Crippen LogP contribution is 2.19. The van der Waals surface area contributed by atoms with Crippen molar-refractivity contribution in [2.75, 3.05) is 11.9 Å². The minimum absolute atomic E-state index is 0.107. The molecule has 0 saturated heterocycles. The van der Waals surface area contributed by atoms with Gasteiger partial charge in [-0.1, -0.05) is 0 Å². The van der Waals surface area contributed by atoms with Crippen LogP contribution in [0, 0.1) is 17.5 Å². The summed E-state index contributed by atoms with van der Waals surface area (Å²) in [4.78, 5) is 11.5. The molecule has 106 valence electrons. The molecule has 0 fully saturated rings. The van der Waals surface area contributed by atoms with Crippen LogP contribution in [0.15, 0.2) is 12.1 Å². The number of benzene rings is 1. The largest absolute Gasteiger partial charge is 0.323 e. The fourth-order valence-electron chi connectivity index (χ4n) is 1.39. The molecule has 0 unspecified atom stereocenters. The Hall–Kier alpha value is -1.56. The van der Waals surface area contributed by atoms with Crippen molar-refractivity contribution < 1.29 is 18.0 Å². The topological polar surface area (TPSA) is 41.1 Å². The summed E-state index contributed by atoms with van der Waals surface area (Å²) in [6.07, 6.45) is 0.107. The van der Waals surface area contributed by atoms with Crippen LogP contribution in [-0.2, 0) is 4.79 Å². The first-order valence-corrected chi connectivity index (χ1v) is 5.89. The number of rotatable bonds is 4. The lowest BCUT2D eigenvalue weighted by Crippen LogP contribution is -2.37. The number of nitrogens with one attached hydrogen (secondary N) is 2. The summed E-state index contributed by atoms with van der Waals surface area (Å²) < 4.78 is 38.9. The third kappa shape index (κ3) is 4.90. The van der Waals surface area contributed by atoms with E-state index in [0.29, 0.717) is 6.54 Å². The summed E-state index contributed by atoms with van der Waals surface area (Å²) in [5, 5.41) is 5.29. The number of carbonyl (C=O) groups excluding carboxylic acids is 1. The molecule has 0 aromatic heterocycles. The second-order valence-electron chi connectivity index (χ2n) is 5.20. The summed E-state index contributed by atoms with van der Waals surface area (Å²) in [7, 11) is 0. The van der Waals surface area contributed by atoms with Gasteiger partial charge in [-0.3, -0.25) is 4.79 Å². The number of anilines is 1. The number of amides is 1. The Kier molecular flexibility index (Phi) is 4.94. The second-order valence-corrected chi connectivity index (χ2v) is 5.20. The molecule has 1 aromatic rings. The van der Waals surface area contributed by atoms with Crippen molar-refractivity contribution in [1.29, 1.82) is 0 Å². The number of hydrogen-bond donors (Lipinski definition) is 2. The maximum Gasteiger partial charge on any atom is 0.225 e. The number of carbonyl (C=O) groups is 1. The second kappa shape index (κ2) is 6.06. The van der Waals surface area contributed by atoms with Gasteiger partial charge in [0.05, 0.1) is 5.69 Å². The van der Waals surface area contributed by atoms with Crippen molar-refractivity contribution in [1.82, 2.24) is 5.32 Å². The first-order valence-electron chi connectivity index (χ1n) is 5.89. The molecule has 3 nitrogen and oxygen atoms in total. The van der Waals surface area contributed by atoms with Gasteiger partial charge >= 0.3 is 0 Å². The molecular formula is C13H17F3N2O. The van der Waals surface area contributed by atoms with Crippen LogP contribution < -0.4 is 10.6 Å². The van der Waals surface area contributed by atoms with Crippen LogP contribution >= 0.6 is 0 Å². The summed E-state index contributed by atoms with van der Waals surface area (Å²) in [5.41, 5.74) is -0.493. The van der Waals surface area contributed by atoms with Gasteiger partial charge in [-0.05, 0) is 32.9 Å². The molecule has 0 bridgehead atoms. The monoisotopic (exact) mass is 274 g/mol. The predicted octanol–water partition coefficient (Wildman–Crippen LogP) is 2.82. The third-order valence-electron chi connectivity index (χ3n) is 2.32. The van der Waals surface area contributed by atoms with Crippen molar-refractivity contribution in [3.05, 3.63) is 29.6 Å². The first kappa shape index (κ1) is 15.5. The molecule has 2 N–H and O–H groups in total. The lowest BCUT2D eigenvalue weighted by molar-refractivity contribution is -0.116. The first-order chi connectivity index (χ1) is 8.70. The zero-order chi connectivity index (χ0) is 14.6. The molecule has 0 spiro atoms. The van der Waals surface area contributed by atoms with Gasteiger partial charge in [-0.2, -0.15) is 0 Å². The molecule has 0 aliphatic heterocycles. The van der Waals surface area contributed by atoms with Crippen molar-refractivity contribution in [2.24, 2.45) is 0 Å². The molecule has 0 radical (unpaired) electrons. The molecule has 0 aliphatic rings. The molecule has 0 aliphatic carbocycles. The Morgan fingerprint density at radius 1 is 1.16 bits per heavy atom. The van der Waals surface area contributed by atoms with E-state index >= 15 is 0 Å². The van der Waals surface area contributed by atoms with Gasteiger partial charge in [0, 0.05) is 18.5 Å². The predicted molar refractivity (Wildman–Crippen MR) is 67.3 cm³/mol. The minimum atomic E-state index is -1.59. The average Bonchev–Trinajstić information content (AvgIpc) is 2.28. The van der Waals surface area contributed by atoms with Crippen LogP contribution in [0.4, 0.5) is 18.9 Å². The summed E-state index contributed by atoms with van der Waals surface area (Å²) in [6.45, 7) is 6.24. The number of halogens is 3. The van der Waals surface area contributed by atoms with E-state index < -0.39 is 23.4 Å². The average molecular weight is 274 g/mol. The minimum Gasteiger partial charge on any atom is -0.323 e. The highest BCUT2D eigenvalue weighted by Gasteiger charge is 2.15. The van der Waals surface area contributed by atoms with Gasteiger partial charge in [-0.15, -0.1) is 0 Å². The third-order valence-corrected chi connectivity index (χ3v) is 2.32. The zero-order valence-electron chi connectivity index (χ0n) is 11.1. The van der Waals surface area contributed by atoms with E-state index in [1.807, 2.05) is 20.8 Å². The Morgan fingerprint density at radius 2 is 1.79 bits per heavy atom. The molecule has 0 atom stereocenters. The maximum absolute atomic E-state index is 13.3. The lowest BCUT2D eigenvalue weighted by Gasteiger charge is -2.20.